The fourth-order valence-electron chi connectivity index (χ4n) is 3.35. The van der Waals surface area contributed by atoms with Gasteiger partial charge in [0.25, 0.3) is 0 Å². The molecule has 0 saturated heterocycles. The fourth-order valence-corrected chi connectivity index (χ4v) is 4.63. The third-order valence-corrected chi connectivity index (χ3v) is 6.54. The van der Waals surface area contributed by atoms with Crippen molar-refractivity contribution in [3.05, 3.63) is 59.5 Å². The van der Waals surface area contributed by atoms with Crippen LogP contribution in [0, 0.1) is 6.92 Å². The van der Waals surface area contributed by atoms with Gasteiger partial charge >= 0.3 is 0 Å². The minimum atomic E-state index is -3.76. The SMILES string of the molecule is COc1cccc(-c2nc(CS(=O)(=O)CC(=O)NCCc3ccc(OC)cc3OC)c(C)o2)c1. The predicted molar refractivity (Wildman–Crippen MR) is 127 cm³/mol. The Morgan fingerprint density at radius 3 is 2.47 bits per heavy atom. The molecular formula is C24H28N2O7S. The molecule has 0 aliphatic rings. The maximum Gasteiger partial charge on any atom is 0.235 e. The molecule has 0 bridgehead atoms. The Kier molecular flexibility index (Phi) is 8.17. The number of methoxy groups -OCH3 is 3. The van der Waals surface area contributed by atoms with Crippen molar-refractivity contribution in [3.8, 4) is 28.7 Å². The molecule has 1 heterocycles. The number of hydrogen-bond donors (Lipinski definition) is 1. The van der Waals surface area contributed by atoms with Gasteiger partial charge in [-0.1, -0.05) is 12.1 Å². The van der Waals surface area contributed by atoms with Gasteiger partial charge in [0.05, 0.1) is 32.8 Å². The van der Waals surface area contributed by atoms with Gasteiger partial charge < -0.3 is 23.9 Å². The van der Waals surface area contributed by atoms with Crippen LogP contribution in [0.5, 0.6) is 17.2 Å². The first-order valence-electron chi connectivity index (χ1n) is 10.5. The lowest BCUT2D eigenvalue weighted by molar-refractivity contribution is -0.118. The highest BCUT2D eigenvalue weighted by Crippen LogP contribution is 2.26. The number of aryl methyl sites for hydroxylation is 1. The van der Waals surface area contributed by atoms with Crippen molar-refractivity contribution in [2.75, 3.05) is 33.6 Å². The van der Waals surface area contributed by atoms with Crippen LogP contribution in [-0.4, -0.2) is 52.9 Å². The average molecular weight is 489 g/mol. The number of hydrogen-bond acceptors (Lipinski definition) is 8. The summed E-state index contributed by atoms with van der Waals surface area (Å²) in [5.74, 6) is 0.975. The number of nitrogens with one attached hydrogen (secondary N) is 1. The van der Waals surface area contributed by atoms with Crippen molar-refractivity contribution in [2.24, 2.45) is 0 Å². The summed E-state index contributed by atoms with van der Waals surface area (Å²) in [5, 5.41) is 2.65. The molecule has 3 rings (SSSR count). The molecule has 182 valence electrons. The van der Waals surface area contributed by atoms with Gasteiger partial charge in [0, 0.05) is 18.2 Å². The minimum absolute atomic E-state index is 0.264. The molecule has 0 saturated carbocycles. The van der Waals surface area contributed by atoms with Crippen molar-refractivity contribution < 1.29 is 31.8 Å². The van der Waals surface area contributed by atoms with E-state index in [4.69, 9.17) is 18.6 Å². The van der Waals surface area contributed by atoms with Gasteiger partial charge in [-0.2, -0.15) is 0 Å². The number of aromatic nitrogens is 1. The molecule has 0 spiro atoms. The van der Waals surface area contributed by atoms with Crippen LogP contribution in [0.1, 0.15) is 17.0 Å². The number of nitrogens with zero attached hydrogens (tertiary/aromatic N) is 1. The molecule has 0 radical (unpaired) electrons. The van der Waals surface area contributed by atoms with Crippen molar-refractivity contribution in [1.29, 1.82) is 0 Å². The van der Waals surface area contributed by atoms with Crippen LogP contribution in [0.3, 0.4) is 0 Å². The lowest BCUT2D eigenvalue weighted by Gasteiger charge is -2.11. The number of carbonyl (C=O) groups is 1. The standard InChI is InChI=1S/C24H28N2O7S/c1-16-21(26-24(33-16)18-6-5-7-19(12-18)30-2)14-34(28,29)15-23(27)25-11-10-17-8-9-20(31-3)13-22(17)32-4/h5-9,12-13H,10-11,14-15H2,1-4H3,(H,25,27). The Balaban J connectivity index is 1.58. The monoisotopic (exact) mass is 488 g/mol. The highest BCUT2D eigenvalue weighted by molar-refractivity contribution is 7.91. The maximum atomic E-state index is 12.6. The van der Waals surface area contributed by atoms with Gasteiger partial charge in [-0.25, -0.2) is 13.4 Å². The van der Waals surface area contributed by atoms with E-state index in [1.54, 1.807) is 64.7 Å². The largest absolute Gasteiger partial charge is 0.497 e. The van der Waals surface area contributed by atoms with Gasteiger partial charge in [0.2, 0.25) is 11.8 Å². The van der Waals surface area contributed by atoms with Crippen LogP contribution in [0.2, 0.25) is 0 Å². The van der Waals surface area contributed by atoms with Crippen molar-refractivity contribution >= 4 is 15.7 Å². The first-order valence-corrected chi connectivity index (χ1v) is 12.4. The molecule has 1 amide bonds. The van der Waals surface area contributed by atoms with E-state index in [2.05, 4.69) is 10.3 Å². The van der Waals surface area contributed by atoms with E-state index < -0.39 is 27.3 Å². The molecule has 3 aromatic rings. The van der Waals surface area contributed by atoms with Crippen LogP contribution >= 0.6 is 0 Å². The van der Waals surface area contributed by atoms with E-state index in [1.165, 1.54) is 0 Å². The van der Waals surface area contributed by atoms with Crippen molar-refractivity contribution in [3.63, 3.8) is 0 Å². The van der Waals surface area contributed by atoms with Gasteiger partial charge in [-0.3, -0.25) is 4.79 Å². The number of ether oxygens (including phenoxy) is 3. The Bertz CT molecular complexity index is 1250. The molecule has 1 N–H and O–H groups in total. The third-order valence-electron chi connectivity index (χ3n) is 5.13. The number of amides is 1. The van der Waals surface area contributed by atoms with E-state index in [9.17, 15) is 13.2 Å². The van der Waals surface area contributed by atoms with E-state index in [-0.39, 0.29) is 12.2 Å². The van der Waals surface area contributed by atoms with Gasteiger partial charge in [-0.15, -0.1) is 0 Å². The van der Waals surface area contributed by atoms with E-state index >= 15 is 0 Å². The number of sulfone groups is 1. The average Bonchev–Trinajstić information content (AvgIpc) is 3.18. The molecule has 34 heavy (non-hydrogen) atoms. The zero-order valence-corrected chi connectivity index (χ0v) is 20.4. The number of carbonyl (C=O) groups excluding carboxylic acids is 1. The summed E-state index contributed by atoms with van der Waals surface area (Å²) >= 11 is 0. The summed E-state index contributed by atoms with van der Waals surface area (Å²) < 4.78 is 46.6. The van der Waals surface area contributed by atoms with Crippen LogP contribution in [0.15, 0.2) is 46.9 Å². The second-order valence-corrected chi connectivity index (χ2v) is 9.63. The Hall–Kier alpha value is -3.53. The molecule has 1 aromatic heterocycles. The highest BCUT2D eigenvalue weighted by atomic mass is 32.2. The smallest absolute Gasteiger partial charge is 0.235 e. The quantitative estimate of drug-likeness (QED) is 0.438. The molecule has 10 heteroatoms. The molecule has 0 unspecified atom stereocenters. The molecule has 0 aliphatic heterocycles. The van der Waals surface area contributed by atoms with Gasteiger partial charge in [0.1, 0.15) is 28.8 Å². The first-order chi connectivity index (χ1) is 16.2. The lowest BCUT2D eigenvalue weighted by atomic mass is 10.1. The third kappa shape index (κ3) is 6.50. The van der Waals surface area contributed by atoms with E-state index in [0.29, 0.717) is 40.9 Å². The summed E-state index contributed by atoms with van der Waals surface area (Å²) in [5.41, 5.74) is 1.81. The minimum Gasteiger partial charge on any atom is -0.497 e. The van der Waals surface area contributed by atoms with Gasteiger partial charge in [0.15, 0.2) is 9.84 Å². The molecule has 9 nitrogen and oxygen atoms in total. The highest BCUT2D eigenvalue weighted by Gasteiger charge is 2.22. The van der Waals surface area contributed by atoms with E-state index in [1.807, 2.05) is 6.07 Å². The Labute approximate surface area is 199 Å². The Morgan fingerprint density at radius 1 is 1.03 bits per heavy atom. The molecular weight excluding hydrogens is 460 g/mol. The van der Waals surface area contributed by atoms with Crippen molar-refractivity contribution in [2.45, 2.75) is 19.1 Å². The van der Waals surface area contributed by atoms with Crippen LogP contribution < -0.4 is 19.5 Å². The zero-order chi connectivity index (χ0) is 24.7. The normalized spacial score (nSPS) is 11.2. The summed E-state index contributed by atoms with van der Waals surface area (Å²) in [6.07, 6.45) is 0.477. The number of benzene rings is 2. The second kappa shape index (κ2) is 11.1. The summed E-state index contributed by atoms with van der Waals surface area (Å²) in [6.45, 7) is 1.91. The number of rotatable bonds is 11. The second-order valence-electron chi connectivity index (χ2n) is 7.56. The first kappa shape index (κ1) is 25.1. The lowest BCUT2D eigenvalue weighted by Crippen LogP contribution is -2.32. The predicted octanol–water partition coefficient (Wildman–Crippen LogP) is 2.95. The number of oxazole rings is 1. The fraction of sp³-hybridized carbons (Fsp3) is 0.333. The Morgan fingerprint density at radius 2 is 1.76 bits per heavy atom. The molecule has 0 atom stereocenters. The van der Waals surface area contributed by atoms with Crippen LogP contribution in [-0.2, 0) is 26.8 Å². The van der Waals surface area contributed by atoms with Gasteiger partial charge in [-0.05, 0) is 43.2 Å². The van der Waals surface area contributed by atoms with Crippen molar-refractivity contribution in [1.82, 2.24) is 10.3 Å². The summed E-state index contributed by atoms with van der Waals surface area (Å²) in [6, 6.07) is 12.5. The summed E-state index contributed by atoms with van der Waals surface area (Å²) in [7, 11) is 0.912. The molecule has 0 aliphatic carbocycles. The molecule has 0 fully saturated rings. The van der Waals surface area contributed by atoms with Crippen LogP contribution in [0.4, 0.5) is 0 Å². The zero-order valence-electron chi connectivity index (χ0n) is 19.6. The van der Waals surface area contributed by atoms with Crippen LogP contribution in [0.25, 0.3) is 11.5 Å². The topological polar surface area (TPSA) is 117 Å². The summed E-state index contributed by atoms with van der Waals surface area (Å²) in [4.78, 5) is 16.6. The molecule has 2 aromatic carbocycles. The maximum absolute atomic E-state index is 12.6. The van der Waals surface area contributed by atoms with E-state index in [0.717, 1.165) is 5.56 Å².